The number of amides is 1. The second kappa shape index (κ2) is 11.3. The van der Waals surface area contributed by atoms with Gasteiger partial charge in [-0.2, -0.15) is 0 Å². The van der Waals surface area contributed by atoms with E-state index in [1.807, 2.05) is 12.1 Å². The van der Waals surface area contributed by atoms with Gasteiger partial charge in [-0.3, -0.25) is 14.9 Å². The third-order valence-electron chi connectivity index (χ3n) is 5.61. The molecule has 1 heterocycles. The summed E-state index contributed by atoms with van der Waals surface area (Å²) in [7, 11) is 4.91. The molecule has 0 saturated heterocycles. The number of methoxy groups -OCH3 is 2. The van der Waals surface area contributed by atoms with Crippen LogP contribution in [-0.4, -0.2) is 61.6 Å². The number of carbonyl (C=O) groups is 1. The summed E-state index contributed by atoms with van der Waals surface area (Å²) in [6.07, 6.45) is 3.68. The monoisotopic (exact) mass is 454 g/mol. The first-order valence-corrected chi connectivity index (χ1v) is 10.8. The van der Waals surface area contributed by atoms with E-state index in [9.17, 15) is 14.9 Å². The number of nitro benzene ring substituents is 1. The van der Waals surface area contributed by atoms with Crippen molar-refractivity contribution < 1.29 is 19.2 Å². The molecule has 0 radical (unpaired) electrons. The highest BCUT2D eigenvalue weighted by Crippen LogP contribution is 2.34. The molecule has 0 atom stereocenters. The Morgan fingerprint density at radius 2 is 1.85 bits per heavy atom. The van der Waals surface area contributed by atoms with Gasteiger partial charge in [-0.1, -0.05) is 18.2 Å². The van der Waals surface area contributed by atoms with Crippen molar-refractivity contribution in [3.05, 3.63) is 63.8 Å². The summed E-state index contributed by atoms with van der Waals surface area (Å²) in [5, 5.41) is 15.5. The molecule has 2 aromatic carbocycles. The number of likely N-dealkylation sites (N-methyl/N-ethyl adjacent to an activating group) is 1. The van der Waals surface area contributed by atoms with Crippen LogP contribution in [0.4, 0.5) is 5.69 Å². The van der Waals surface area contributed by atoms with Crippen LogP contribution in [-0.2, 0) is 17.6 Å². The third-order valence-corrected chi connectivity index (χ3v) is 5.61. The SMILES string of the molecule is COc1cc(CC(=O)NCCCN(C)CCc2c[nH]c3ccccc23)c([N+](=O)[O-])cc1OC. The van der Waals surface area contributed by atoms with Gasteiger partial charge < -0.3 is 24.7 Å². The molecule has 0 saturated carbocycles. The van der Waals surface area contributed by atoms with E-state index in [-0.39, 0.29) is 29.3 Å². The Bertz CT molecular complexity index is 1110. The molecule has 0 fully saturated rings. The number of aromatic amines is 1. The van der Waals surface area contributed by atoms with Crippen LogP contribution >= 0.6 is 0 Å². The van der Waals surface area contributed by atoms with E-state index in [1.165, 1.54) is 37.3 Å². The predicted octanol–water partition coefficient (Wildman–Crippen LogP) is 3.32. The maximum absolute atomic E-state index is 12.4. The number of carbonyl (C=O) groups excluding carboxylic acids is 1. The molecule has 3 rings (SSSR count). The van der Waals surface area contributed by atoms with Crippen molar-refractivity contribution in [3.8, 4) is 11.5 Å². The van der Waals surface area contributed by atoms with Crippen molar-refractivity contribution >= 4 is 22.5 Å². The van der Waals surface area contributed by atoms with Crippen LogP contribution in [0.25, 0.3) is 10.9 Å². The van der Waals surface area contributed by atoms with Crippen LogP contribution in [0.15, 0.2) is 42.6 Å². The maximum Gasteiger partial charge on any atom is 0.277 e. The first-order valence-electron chi connectivity index (χ1n) is 10.8. The number of hydrogen-bond acceptors (Lipinski definition) is 6. The molecule has 0 aliphatic carbocycles. The van der Waals surface area contributed by atoms with Crippen molar-refractivity contribution in [2.45, 2.75) is 19.3 Å². The average molecular weight is 455 g/mol. The number of rotatable bonds is 12. The van der Waals surface area contributed by atoms with Crippen molar-refractivity contribution in [2.75, 3.05) is 40.9 Å². The number of ether oxygens (including phenoxy) is 2. The summed E-state index contributed by atoms with van der Waals surface area (Å²) in [4.78, 5) is 28.8. The van der Waals surface area contributed by atoms with E-state index < -0.39 is 4.92 Å². The van der Waals surface area contributed by atoms with E-state index in [0.717, 1.165) is 31.4 Å². The molecule has 0 aliphatic heterocycles. The molecule has 33 heavy (non-hydrogen) atoms. The molecule has 0 bridgehead atoms. The summed E-state index contributed by atoms with van der Waals surface area (Å²) in [5.74, 6) is 0.332. The summed E-state index contributed by atoms with van der Waals surface area (Å²) < 4.78 is 10.3. The quantitative estimate of drug-likeness (QED) is 0.247. The normalized spacial score (nSPS) is 11.0. The topological polar surface area (TPSA) is 110 Å². The number of aromatic nitrogens is 1. The molecule has 2 N–H and O–H groups in total. The fraction of sp³-hybridized carbons (Fsp3) is 0.375. The van der Waals surface area contributed by atoms with Crippen LogP contribution in [0.2, 0.25) is 0 Å². The number of hydrogen-bond donors (Lipinski definition) is 2. The zero-order valence-corrected chi connectivity index (χ0v) is 19.2. The number of nitrogens with one attached hydrogen (secondary N) is 2. The fourth-order valence-corrected chi connectivity index (χ4v) is 3.80. The van der Waals surface area contributed by atoms with E-state index in [2.05, 4.69) is 40.6 Å². The van der Waals surface area contributed by atoms with Gasteiger partial charge in [-0.15, -0.1) is 0 Å². The Morgan fingerprint density at radius 1 is 1.12 bits per heavy atom. The Hall–Kier alpha value is -3.59. The molecule has 3 aromatic rings. The highest BCUT2D eigenvalue weighted by atomic mass is 16.6. The van der Waals surface area contributed by atoms with Crippen LogP contribution in [0.5, 0.6) is 11.5 Å². The highest BCUT2D eigenvalue weighted by Gasteiger charge is 2.21. The van der Waals surface area contributed by atoms with Crippen molar-refractivity contribution in [2.24, 2.45) is 0 Å². The molecule has 0 unspecified atom stereocenters. The highest BCUT2D eigenvalue weighted by molar-refractivity contribution is 5.83. The number of nitrogens with zero attached hydrogens (tertiary/aromatic N) is 2. The molecular formula is C24H30N4O5. The van der Waals surface area contributed by atoms with Gasteiger partial charge in [0.1, 0.15) is 0 Å². The van der Waals surface area contributed by atoms with E-state index in [4.69, 9.17) is 9.47 Å². The minimum Gasteiger partial charge on any atom is -0.493 e. The largest absolute Gasteiger partial charge is 0.493 e. The number of fused-ring (bicyclic) bond motifs is 1. The molecule has 1 aromatic heterocycles. The zero-order chi connectivity index (χ0) is 23.8. The first-order chi connectivity index (χ1) is 15.9. The number of benzene rings is 2. The standard InChI is InChI=1S/C24H30N4O5/c1-27(12-9-17-16-26-20-8-5-4-7-19(17)20)11-6-10-25-24(29)14-18-13-22(32-2)23(33-3)15-21(18)28(30)31/h4-5,7-8,13,15-16,26H,6,9-12,14H2,1-3H3,(H,25,29). The lowest BCUT2D eigenvalue weighted by molar-refractivity contribution is -0.385. The Balaban J connectivity index is 1.44. The van der Waals surface area contributed by atoms with E-state index in [0.29, 0.717) is 12.3 Å². The minimum atomic E-state index is -0.521. The van der Waals surface area contributed by atoms with Crippen molar-refractivity contribution in [1.82, 2.24) is 15.2 Å². The zero-order valence-electron chi connectivity index (χ0n) is 19.2. The van der Waals surface area contributed by atoms with Crippen LogP contribution < -0.4 is 14.8 Å². The lowest BCUT2D eigenvalue weighted by Gasteiger charge is -2.16. The molecule has 9 nitrogen and oxygen atoms in total. The summed E-state index contributed by atoms with van der Waals surface area (Å²) in [6.45, 7) is 2.24. The van der Waals surface area contributed by atoms with Gasteiger partial charge in [-0.25, -0.2) is 0 Å². The molecule has 0 aliphatic rings. The lowest BCUT2D eigenvalue weighted by Crippen LogP contribution is -2.30. The van der Waals surface area contributed by atoms with Gasteiger partial charge in [0.15, 0.2) is 11.5 Å². The predicted molar refractivity (Wildman–Crippen MR) is 127 cm³/mol. The molecule has 1 amide bonds. The van der Waals surface area contributed by atoms with Gasteiger partial charge in [-0.05, 0) is 44.1 Å². The third kappa shape index (κ3) is 6.23. The van der Waals surface area contributed by atoms with E-state index in [1.54, 1.807) is 0 Å². The van der Waals surface area contributed by atoms with Gasteiger partial charge >= 0.3 is 0 Å². The summed E-state index contributed by atoms with van der Waals surface area (Å²) in [5.41, 5.74) is 2.56. The molecular weight excluding hydrogens is 424 g/mol. The van der Waals surface area contributed by atoms with Crippen LogP contribution in [0.3, 0.4) is 0 Å². The lowest BCUT2D eigenvalue weighted by atomic mass is 10.1. The number of nitro groups is 1. The minimum absolute atomic E-state index is 0.104. The number of H-pyrrole nitrogens is 1. The second-order valence-corrected chi connectivity index (χ2v) is 7.89. The Kier molecular flexibility index (Phi) is 8.26. The molecule has 9 heteroatoms. The average Bonchev–Trinajstić information content (AvgIpc) is 3.23. The van der Waals surface area contributed by atoms with Gasteiger partial charge in [0.25, 0.3) is 5.69 Å². The summed E-state index contributed by atoms with van der Waals surface area (Å²) >= 11 is 0. The van der Waals surface area contributed by atoms with Gasteiger partial charge in [0.2, 0.25) is 5.91 Å². The second-order valence-electron chi connectivity index (χ2n) is 7.89. The smallest absolute Gasteiger partial charge is 0.277 e. The Morgan fingerprint density at radius 3 is 2.58 bits per heavy atom. The fourth-order valence-electron chi connectivity index (χ4n) is 3.80. The van der Waals surface area contributed by atoms with Crippen molar-refractivity contribution in [1.29, 1.82) is 0 Å². The van der Waals surface area contributed by atoms with Crippen molar-refractivity contribution in [3.63, 3.8) is 0 Å². The van der Waals surface area contributed by atoms with Gasteiger partial charge in [0, 0.05) is 35.8 Å². The molecule has 0 spiro atoms. The first kappa shape index (κ1) is 24.1. The van der Waals surface area contributed by atoms with Crippen LogP contribution in [0, 0.1) is 10.1 Å². The summed E-state index contributed by atoms with van der Waals surface area (Å²) in [6, 6.07) is 11.0. The Labute approximate surface area is 192 Å². The van der Waals surface area contributed by atoms with E-state index >= 15 is 0 Å². The van der Waals surface area contributed by atoms with Gasteiger partial charge in [0.05, 0.1) is 31.6 Å². The maximum atomic E-state index is 12.4. The number of para-hydroxylation sites is 1. The van der Waals surface area contributed by atoms with Crippen LogP contribution in [0.1, 0.15) is 17.5 Å². The molecule has 176 valence electrons.